The van der Waals surface area contributed by atoms with E-state index in [0.717, 1.165) is 40.2 Å². The maximum Gasteiger partial charge on any atom is 0.195 e. The van der Waals surface area contributed by atoms with Crippen LogP contribution in [0.15, 0.2) is 66.9 Å². The van der Waals surface area contributed by atoms with Gasteiger partial charge in [0.25, 0.3) is 0 Å². The van der Waals surface area contributed by atoms with Crippen molar-refractivity contribution in [2.45, 2.75) is 46.1 Å². The summed E-state index contributed by atoms with van der Waals surface area (Å²) in [6.45, 7) is 4.97. The van der Waals surface area contributed by atoms with E-state index in [1.807, 2.05) is 67.7 Å². The first-order valence-electron chi connectivity index (χ1n) is 10.8. The Kier molecular flexibility index (Phi) is 5.80. The normalized spacial score (nSPS) is 11.3. The van der Waals surface area contributed by atoms with Crippen LogP contribution >= 0.6 is 0 Å². The van der Waals surface area contributed by atoms with Crippen molar-refractivity contribution in [1.82, 2.24) is 4.57 Å². The minimum Gasteiger partial charge on any atom is -0.347 e. The highest BCUT2D eigenvalue weighted by Crippen LogP contribution is 2.29. The molecule has 4 rings (SSSR count). The van der Waals surface area contributed by atoms with Gasteiger partial charge in [-0.05, 0) is 29.3 Å². The number of para-hydroxylation sites is 1. The van der Waals surface area contributed by atoms with Crippen molar-refractivity contribution in [3.05, 3.63) is 83.6 Å². The van der Waals surface area contributed by atoms with Crippen molar-refractivity contribution < 1.29 is 9.59 Å². The monoisotopic (exact) mass is 397 g/mol. The van der Waals surface area contributed by atoms with Crippen LogP contribution in [0.1, 0.15) is 65.8 Å². The first-order chi connectivity index (χ1) is 14.7. The van der Waals surface area contributed by atoms with Gasteiger partial charge in [-0.25, -0.2) is 0 Å². The maximum atomic E-state index is 13.7. The third kappa shape index (κ3) is 3.56. The Bertz CT molecular complexity index is 1230. The lowest BCUT2D eigenvalue weighted by Crippen LogP contribution is -2.05. The molecule has 30 heavy (non-hydrogen) atoms. The highest BCUT2D eigenvalue weighted by molar-refractivity contribution is 6.23. The zero-order chi connectivity index (χ0) is 21.1. The molecule has 0 atom stereocenters. The summed E-state index contributed by atoms with van der Waals surface area (Å²) >= 11 is 0. The van der Waals surface area contributed by atoms with Crippen molar-refractivity contribution >= 4 is 33.2 Å². The van der Waals surface area contributed by atoms with E-state index in [2.05, 4.69) is 17.6 Å². The zero-order valence-electron chi connectivity index (χ0n) is 17.7. The van der Waals surface area contributed by atoms with E-state index in [0.29, 0.717) is 17.5 Å². The molecule has 0 spiro atoms. The third-order valence-corrected chi connectivity index (χ3v) is 5.83. The van der Waals surface area contributed by atoms with Crippen LogP contribution in [0.25, 0.3) is 21.7 Å². The highest BCUT2D eigenvalue weighted by Gasteiger charge is 2.20. The van der Waals surface area contributed by atoms with Gasteiger partial charge in [-0.2, -0.15) is 0 Å². The second-order valence-corrected chi connectivity index (χ2v) is 7.77. The molecule has 152 valence electrons. The number of ketones is 2. The van der Waals surface area contributed by atoms with Crippen LogP contribution in [0.4, 0.5) is 0 Å². The molecule has 3 aromatic carbocycles. The molecule has 0 aliphatic heterocycles. The van der Waals surface area contributed by atoms with Gasteiger partial charge in [-0.1, -0.05) is 75.2 Å². The molecule has 0 amide bonds. The molecule has 1 aromatic heterocycles. The lowest BCUT2D eigenvalue weighted by atomic mass is 9.92. The summed E-state index contributed by atoms with van der Waals surface area (Å²) in [7, 11) is 0. The second kappa shape index (κ2) is 8.66. The number of unbranched alkanes of at least 4 members (excludes halogenated alkanes) is 2. The molecular formula is C27H27NO2. The Morgan fingerprint density at radius 2 is 1.37 bits per heavy atom. The van der Waals surface area contributed by atoms with Crippen molar-refractivity contribution in [2.24, 2.45) is 0 Å². The van der Waals surface area contributed by atoms with E-state index in [1.54, 1.807) is 0 Å². The second-order valence-electron chi connectivity index (χ2n) is 7.77. The lowest BCUT2D eigenvalue weighted by molar-refractivity contribution is 0.0987. The Labute approximate surface area is 177 Å². The van der Waals surface area contributed by atoms with E-state index in [-0.39, 0.29) is 11.6 Å². The van der Waals surface area contributed by atoms with E-state index < -0.39 is 0 Å². The Morgan fingerprint density at radius 3 is 2.07 bits per heavy atom. The van der Waals surface area contributed by atoms with Crippen LogP contribution in [-0.4, -0.2) is 16.1 Å². The Balaban J connectivity index is 1.83. The van der Waals surface area contributed by atoms with Crippen LogP contribution in [0.2, 0.25) is 0 Å². The van der Waals surface area contributed by atoms with Gasteiger partial charge in [0.1, 0.15) is 0 Å². The molecule has 1 heterocycles. The van der Waals surface area contributed by atoms with Gasteiger partial charge in [-0.15, -0.1) is 0 Å². The van der Waals surface area contributed by atoms with E-state index >= 15 is 0 Å². The molecule has 0 saturated carbocycles. The highest BCUT2D eigenvalue weighted by atomic mass is 16.1. The maximum absolute atomic E-state index is 13.7. The van der Waals surface area contributed by atoms with E-state index in [4.69, 9.17) is 0 Å². The predicted octanol–water partition coefficient (Wildman–Crippen LogP) is 6.81. The van der Waals surface area contributed by atoms with Crippen molar-refractivity contribution in [3.8, 4) is 0 Å². The summed E-state index contributed by atoms with van der Waals surface area (Å²) in [6.07, 6.45) is 5.89. The van der Waals surface area contributed by atoms with Crippen LogP contribution < -0.4 is 0 Å². The number of aryl methyl sites for hydroxylation is 1. The number of hydrogen-bond acceptors (Lipinski definition) is 2. The number of Topliss-reactive ketones (excluding diaryl/α,β-unsaturated/α-hetero) is 1. The third-order valence-electron chi connectivity index (χ3n) is 5.83. The Morgan fingerprint density at radius 1 is 0.733 bits per heavy atom. The van der Waals surface area contributed by atoms with Crippen LogP contribution in [0, 0.1) is 0 Å². The molecular weight excluding hydrogens is 370 g/mol. The standard InChI is InChI=1S/C27H27NO2/c1-3-5-10-17-28-18-24(21-13-8-9-14-25(21)28)27(30)23-16-15-22(26(29)4-2)19-11-6-7-12-20(19)23/h6-9,11-16,18H,3-5,10,17H2,1-2H3. The minimum absolute atomic E-state index is 0.00661. The fraction of sp³-hybridized carbons (Fsp3) is 0.259. The zero-order valence-corrected chi connectivity index (χ0v) is 17.7. The molecule has 0 aliphatic carbocycles. The van der Waals surface area contributed by atoms with Crippen molar-refractivity contribution in [2.75, 3.05) is 0 Å². The smallest absolute Gasteiger partial charge is 0.195 e. The minimum atomic E-state index is 0.00661. The van der Waals surface area contributed by atoms with Crippen LogP contribution in [0.5, 0.6) is 0 Å². The number of nitrogens with zero attached hydrogens (tertiary/aromatic N) is 1. The fourth-order valence-corrected chi connectivity index (χ4v) is 4.22. The number of benzene rings is 3. The van der Waals surface area contributed by atoms with Crippen molar-refractivity contribution in [1.29, 1.82) is 0 Å². The summed E-state index contributed by atoms with van der Waals surface area (Å²) in [6, 6.07) is 19.5. The number of carbonyl (C=O) groups is 2. The summed E-state index contributed by atoms with van der Waals surface area (Å²) in [4.78, 5) is 26.1. The number of carbonyl (C=O) groups excluding carboxylic acids is 2. The van der Waals surface area contributed by atoms with E-state index in [9.17, 15) is 9.59 Å². The first-order valence-corrected chi connectivity index (χ1v) is 10.8. The summed E-state index contributed by atoms with van der Waals surface area (Å²) in [5.74, 6) is 0.102. The van der Waals surface area contributed by atoms with Gasteiger partial charge in [0.05, 0.1) is 0 Å². The summed E-state index contributed by atoms with van der Waals surface area (Å²) in [5, 5.41) is 2.67. The van der Waals surface area contributed by atoms with E-state index in [1.165, 1.54) is 12.8 Å². The molecule has 0 bridgehead atoms. The molecule has 0 aliphatic rings. The summed E-state index contributed by atoms with van der Waals surface area (Å²) < 4.78 is 2.20. The largest absolute Gasteiger partial charge is 0.347 e. The number of hydrogen-bond donors (Lipinski definition) is 0. The van der Waals surface area contributed by atoms with Gasteiger partial charge in [-0.3, -0.25) is 9.59 Å². The first kappa shape index (κ1) is 20.1. The van der Waals surface area contributed by atoms with Gasteiger partial charge >= 0.3 is 0 Å². The molecule has 3 nitrogen and oxygen atoms in total. The fourth-order valence-electron chi connectivity index (χ4n) is 4.22. The number of rotatable bonds is 8. The average Bonchev–Trinajstić information content (AvgIpc) is 3.16. The quantitative estimate of drug-likeness (QED) is 0.242. The van der Waals surface area contributed by atoms with Crippen LogP contribution in [-0.2, 0) is 6.54 Å². The number of aromatic nitrogens is 1. The molecule has 3 heteroatoms. The van der Waals surface area contributed by atoms with Gasteiger partial charge < -0.3 is 4.57 Å². The molecule has 0 saturated heterocycles. The number of fused-ring (bicyclic) bond motifs is 2. The Hall–Kier alpha value is -3.20. The summed E-state index contributed by atoms with van der Waals surface area (Å²) in [5.41, 5.74) is 3.15. The molecule has 0 N–H and O–H groups in total. The van der Waals surface area contributed by atoms with Crippen molar-refractivity contribution in [3.63, 3.8) is 0 Å². The molecule has 0 fully saturated rings. The van der Waals surface area contributed by atoms with Gasteiger partial charge in [0, 0.05) is 46.8 Å². The van der Waals surface area contributed by atoms with Crippen LogP contribution in [0.3, 0.4) is 0 Å². The van der Waals surface area contributed by atoms with Gasteiger partial charge in [0.15, 0.2) is 11.6 Å². The lowest BCUT2D eigenvalue weighted by Gasteiger charge is -2.09. The predicted molar refractivity (Wildman–Crippen MR) is 123 cm³/mol. The van der Waals surface area contributed by atoms with Gasteiger partial charge in [0.2, 0.25) is 0 Å². The SMILES string of the molecule is CCCCCn1cc(C(=O)c2ccc(C(=O)CC)c3ccccc23)c2ccccc21. The molecule has 0 radical (unpaired) electrons. The molecule has 4 aromatic rings. The molecule has 0 unspecified atom stereocenters. The topological polar surface area (TPSA) is 39.1 Å². The average molecular weight is 398 g/mol.